The van der Waals surface area contributed by atoms with Gasteiger partial charge >= 0.3 is 0 Å². The number of carbonyl (C=O) groups is 1. The number of hydrogen-bond acceptors (Lipinski definition) is 4. The van der Waals surface area contributed by atoms with Crippen LogP contribution in [0.3, 0.4) is 0 Å². The monoisotopic (exact) mass is 268 g/mol. The lowest BCUT2D eigenvalue weighted by molar-refractivity contribution is -0.169. The van der Waals surface area contributed by atoms with Crippen molar-refractivity contribution in [1.29, 1.82) is 0 Å². The van der Waals surface area contributed by atoms with Gasteiger partial charge in [0.1, 0.15) is 16.9 Å². The summed E-state index contributed by atoms with van der Waals surface area (Å²) >= 11 is 1.38. The number of aliphatic imine (C=N–C) groups is 1. The van der Waals surface area contributed by atoms with E-state index in [1.807, 2.05) is 0 Å². The molecule has 0 fully saturated rings. The minimum atomic E-state index is -0.505. The van der Waals surface area contributed by atoms with E-state index in [0.29, 0.717) is 16.4 Å². The van der Waals surface area contributed by atoms with Gasteiger partial charge in [-0.25, -0.2) is 9.45 Å². The molecule has 0 aromatic heterocycles. The van der Waals surface area contributed by atoms with E-state index in [1.54, 1.807) is 18.2 Å². The van der Waals surface area contributed by atoms with E-state index >= 15 is 0 Å². The normalized spacial score (nSPS) is 18.6. The van der Waals surface area contributed by atoms with Gasteiger partial charge in [0.15, 0.2) is 0 Å². The average Bonchev–Trinajstić information content (AvgIpc) is 2.87. The van der Waals surface area contributed by atoms with E-state index in [1.165, 1.54) is 32.0 Å². The molecule has 1 heterocycles. The SMILES string of the molecule is CON(C)C(=O)[C@@H]1CSC(c2ccccc2F)=N1. The zero-order valence-electron chi connectivity index (χ0n) is 10.1. The number of hydrogen-bond donors (Lipinski definition) is 0. The second kappa shape index (κ2) is 5.49. The van der Waals surface area contributed by atoms with Crippen LogP contribution in [0.1, 0.15) is 5.56 Å². The molecule has 0 N–H and O–H groups in total. The molecule has 1 aromatic rings. The molecule has 0 saturated heterocycles. The van der Waals surface area contributed by atoms with Gasteiger partial charge in [-0.15, -0.1) is 11.8 Å². The molecule has 0 aliphatic carbocycles. The number of rotatable bonds is 3. The molecule has 0 radical (unpaired) electrons. The highest BCUT2D eigenvalue weighted by atomic mass is 32.2. The lowest BCUT2D eigenvalue weighted by Crippen LogP contribution is -2.34. The summed E-state index contributed by atoms with van der Waals surface area (Å²) in [5, 5.41) is 1.70. The summed E-state index contributed by atoms with van der Waals surface area (Å²) in [5.41, 5.74) is 0.442. The van der Waals surface area contributed by atoms with Crippen molar-refractivity contribution in [3.05, 3.63) is 35.6 Å². The molecule has 1 atom stereocenters. The fourth-order valence-corrected chi connectivity index (χ4v) is 2.64. The Bertz CT molecular complexity index is 493. The molecule has 18 heavy (non-hydrogen) atoms. The molecule has 1 amide bonds. The predicted octanol–water partition coefficient (Wildman–Crippen LogP) is 1.71. The van der Waals surface area contributed by atoms with Crippen molar-refractivity contribution in [2.45, 2.75) is 6.04 Å². The van der Waals surface area contributed by atoms with E-state index in [2.05, 4.69) is 4.99 Å². The van der Waals surface area contributed by atoms with Gasteiger partial charge in [0.2, 0.25) is 0 Å². The van der Waals surface area contributed by atoms with E-state index in [0.717, 1.165) is 5.06 Å². The Kier molecular flexibility index (Phi) is 3.98. The van der Waals surface area contributed by atoms with Gasteiger partial charge in [-0.3, -0.25) is 14.6 Å². The maximum Gasteiger partial charge on any atom is 0.271 e. The van der Waals surface area contributed by atoms with Gasteiger partial charge < -0.3 is 0 Å². The molecule has 0 bridgehead atoms. The van der Waals surface area contributed by atoms with Crippen LogP contribution in [-0.2, 0) is 9.63 Å². The number of nitrogens with zero attached hydrogens (tertiary/aromatic N) is 2. The van der Waals surface area contributed by atoms with Crippen LogP contribution in [-0.4, -0.2) is 42.0 Å². The summed E-state index contributed by atoms with van der Waals surface area (Å²) in [6, 6.07) is 5.91. The van der Waals surface area contributed by atoms with Crippen LogP contribution < -0.4 is 0 Å². The summed E-state index contributed by atoms with van der Waals surface area (Å²) in [4.78, 5) is 20.9. The fourth-order valence-electron chi connectivity index (χ4n) is 1.58. The summed E-state index contributed by atoms with van der Waals surface area (Å²) in [6.45, 7) is 0. The Morgan fingerprint density at radius 3 is 2.94 bits per heavy atom. The maximum atomic E-state index is 13.6. The van der Waals surface area contributed by atoms with Crippen molar-refractivity contribution in [3.63, 3.8) is 0 Å². The van der Waals surface area contributed by atoms with Crippen LogP contribution in [0.25, 0.3) is 0 Å². The van der Waals surface area contributed by atoms with Crippen LogP contribution in [0.15, 0.2) is 29.3 Å². The van der Waals surface area contributed by atoms with E-state index < -0.39 is 6.04 Å². The summed E-state index contributed by atoms with van der Waals surface area (Å²) in [6.07, 6.45) is 0. The van der Waals surface area contributed by atoms with Crippen molar-refractivity contribution >= 4 is 22.7 Å². The molecule has 0 unspecified atom stereocenters. The Morgan fingerprint density at radius 1 is 1.56 bits per heavy atom. The van der Waals surface area contributed by atoms with Crippen molar-refractivity contribution in [2.24, 2.45) is 4.99 Å². The van der Waals surface area contributed by atoms with Crippen LogP contribution in [0.2, 0.25) is 0 Å². The van der Waals surface area contributed by atoms with Gasteiger partial charge in [0, 0.05) is 18.4 Å². The molecule has 2 rings (SSSR count). The first-order chi connectivity index (χ1) is 8.63. The number of halogens is 1. The molecule has 1 aliphatic rings. The maximum absolute atomic E-state index is 13.6. The van der Waals surface area contributed by atoms with E-state index in [4.69, 9.17) is 4.84 Å². The highest BCUT2D eigenvalue weighted by Crippen LogP contribution is 2.25. The van der Waals surface area contributed by atoms with Gasteiger partial charge in [0.25, 0.3) is 5.91 Å². The zero-order chi connectivity index (χ0) is 13.1. The molecule has 0 saturated carbocycles. The molecular weight excluding hydrogens is 255 g/mol. The molecule has 6 heteroatoms. The Hall–Kier alpha value is -1.40. The first-order valence-corrected chi connectivity index (χ1v) is 6.39. The lowest BCUT2D eigenvalue weighted by atomic mass is 10.2. The first kappa shape index (κ1) is 13.0. The quantitative estimate of drug-likeness (QED) is 0.784. The third-order valence-electron chi connectivity index (χ3n) is 2.62. The molecule has 0 spiro atoms. The minimum absolute atomic E-state index is 0.226. The number of amides is 1. The third-order valence-corrected chi connectivity index (χ3v) is 3.71. The standard InChI is InChI=1S/C12H13FN2O2S/c1-15(17-2)12(16)10-7-18-11(14-10)8-5-3-4-6-9(8)13/h3-6,10H,7H2,1-2H3/t10-/m0/s1. The highest BCUT2D eigenvalue weighted by Gasteiger charge is 2.29. The second-order valence-electron chi connectivity index (χ2n) is 3.76. The van der Waals surface area contributed by atoms with Crippen LogP contribution in [0.4, 0.5) is 4.39 Å². The predicted molar refractivity (Wildman–Crippen MR) is 69.0 cm³/mol. The summed E-state index contributed by atoms with van der Waals surface area (Å²) in [5.74, 6) is -0.0378. The molecule has 96 valence electrons. The topological polar surface area (TPSA) is 41.9 Å². The van der Waals surface area contributed by atoms with Crippen LogP contribution in [0, 0.1) is 5.82 Å². The molecule has 4 nitrogen and oxygen atoms in total. The fraction of sp³-hybridized carbons (Fsp3) is 0.333. The average molecular weight is 268 g/mol. The second-order valence-corrected chi connectivity index (χ2v) is 4.77. The molecule has 1 aromatic carbocycles. The third kappa shape index (κ3) is 2.54. The van der Waals surface area contributed by atoms with Crippen molar-refractivity contribution in [3.8, 4) is 0 Å². The smallest absolute Gasteiger partial charge is 0.271 e. The Morgan fingerprint density at radius 2 is 2.28 bits per heavy atom. The number of hydroxylamine groups is 2. The Labute approximate surface area is 109 Å². The van der Waals surface area contributed by atoms with Crippen molar-refractivity contribution in [2.75, 3.05) is 19.9 Å². The van der Waals surface area contributed by atoms with E-state index in [9.17, 15) is 9.18 Å². The van der Waals surface area contributed by atoms with E-state index in [-0.39, 0.29) is 11.7 Å². The molecule has 1 aliphatic heterocycles. The molecular formula is C12H13FN2O2S. The van der Waals surface area contributed by atoms with Crippen LogP contribution >= 0.6 is 11.8 Å². The van der Waals surface area contributed by atoms with Gasteiger partial charge in [-0.2, -0.15) is 0 Å². The highest BCUT2D eigenvalue weighted by molar-refractivity contribution is 8.14. The van der Waals surface area contributed by atoms with Crippen molar-refractivity contribution in [1.82, 2.24) is 5.06 Å². The number of likely N-dealkylation sites (N-methyl/N-ethyl adjacent to an activating group) is 1. The Balaban J connectivity index is 2.19. The minimum Gasteiger partial charge on any atom is -0.274 e. The van der Waals surface area contributed by atoms with Crippen LogP contribution in [0.5, 0.6) is 0 Å². The summed E-state index contributed by atoms with van der Waals surface area (Å²) < 4.78 is 13.6. The first-order valence-electron chi connectivity index (χ1n) is 5.40. The van der Waals surface area contributed by atoms with Crippen molar-refractivity contribution < 1.29 is 14.0 Å². The summed E-state index contributed by atoms with van der Waals surface area (Å²) in [7, 11) is 2.95. The van der Waals surface area contributed by atoms with Gasteiger partial charge in [-0.05, 0) is 12.1 Å². The van der Waals surface area contributed by atoms with Gasteiger partial charge in [-0.1, -0.05) is 12.1 Å². The number of thioether (sulfide) groups is 1. The number of carbonyl (C=O) groups excluding carboxylic acids is 1. The van der Waals surface area contributed by atoms with Gasteiger partial charge in [0.05, 0.1) is 7.11 Å². The number of benzene rings is 1. The lowest BCUT2D eigenvalue weighted by Gasteiger charge is -2.15. The largest absolute Gasteiger partial charge is 0.274 e. The zero-order valence-corrected chi connectivity index (χ0v) is 10.9.